The Morgan fingerprint density at radius 3 is 2.92 bits per heavy atom. The van der Waals surface area contributed by atoms with E-state index in [1.54, 1.807) is 0 Å². The van der Waals surface area contributed by atoms with E-state index in [0.717, 1.165) is 24.8 Å². The molecule has 1 aromatic rings. The highest BCUT2D eigenvalue weighted by atomic mass is 16.1. The Morgan fingerprint density at radius 1 is 1.38 bits per heavy atom. The quantitative estimate of drug-likeness (QED) is 0.640. The van der Waals surface area contributed by atoms with Crippen molar-refractivity contribution in [3.8, 4) is 0 Å². The lowest BCUT2D eigenvalue weighted by Gasteiger charge is -2.00. The van der Waals surface area contributed by atoms with Crippen LogP contribution in [0.4, 0.5) is 0 Å². The Labute approximate surface area is 76.7 Å². The normalized spacial score (nSPS) is 20.3. The number of aryl methyl sites for hydroxylation is 1. The summed E-state index contributed by atoms with van der Waals surface area (Å²) in [5.74, 6) is 0. The number of carbonyl (C=O) groups excluding carboxylic acids is 1. The van der Waals surface area contributed by atoms with Crippen LogP contribution in [0.15, 0.2) is 0 Å². The van der Waals surface area contributed by atoms with Crippen molar-refractivity contribution in [2.45, 2.75) is 38.1 Å². The number of carbonyl (C=O) groups is 1. The summed E-state index contributed by atoms with van der Waals surface area (Å²) in [5.41, 5.74) is 3.26. The monoisotopic (exact) mass is 176 g/mol. The van der Waals surface area contributed by atoms with E-state index >= 15 is 0 Å². The summed E-state index contributed by atoms with van der Waals surface area (Å²) in [7, 11) is 0. The first-order chi connectivity index (χ1) is 6.40. The molecule has 0 unspecified atom stereocenters. The lowest BCUT2D eigenvalue weighted by molar-refractivity contribution is 0.111. The molecule has 0 bridgehead atoms. The van der Waals surface area contributed by atoms with Gasteiger partial charge in [-0.05, 0) is 32.1 Å². The van der Waals surface area contributed by atoms with Crippen LogP contribution in [0.5, 0.6) is 0 Å². The first-order valence-electron chi connectivity index (χ1n) is 4.95. The average molecular weight is 176 g/mol. The maximum atomic E-state index is 10.9. The molecule has 0 aromatic carbocycles. The van der Waals surface area contributed by atoms with Gasteiger partial charge in [0.15, 0.2) is 6.29 Å². The van der Waals surface area contributed by atoms with Crippen LogP contribution in [0, 0.1) is 0 Å². The molecule has 13 heavy (non-hydrogen) atoms. The Balaban J connectivity index is 2.14. The molecular formula is C10H12N2O. The standard InChI is InChI=1S/C10H12N2O/c13-6-10-8-2-1-3-9(8)11-12(10)7-4-5-7/h6-7H,1-5H2. The lowest BCUT2D eigenvalue weighted by atomic mass is 10.2. The molecule has 2 aliphatic rings. The second-order valence-electron chi connectivity index (χ2n) is 3.96. The summed E-state index contributed by atoms with van der Waals surface area (Å²) in [6.07, 6.45) is 6.66. The predicted octanol–water partition coefficient (Wildman–Crippen LogP) is 1.52. The van der Waals surface area contributed by atoms with Crippen LogP contribution in [0.2, 0.25) is 0 Å². The third-order valence-corrected chi connectivity index (χ3v) is 2.98. The number of rotatable bonds is 2. The van der Waals surface area contributed by atoms with Gasteiger partial charge in [0.25, 0.3) is 0 Å². The molecular weight excluding hydrogens is 164 g/mol. The average Bonchev–Trinajstić information content (AvgIpc) is 2.76. The molecule has 1 heterocycles. The summed E-state index contributed by atoms with van der Waals surface area (Å²) < 4.78 is 1.96. The van der Waals surface area contributed by atoms with E-state index in [4.69, 9.17) is 0 Å². The largest absolute Gasteiger partial charge is 0.296 e. The minimum Gasteiger partial charge on any atom is -0.296 e. The highest BCUT2D eigenvalue weighted by Gasteiger charge is 2.30. The van der Waals surface area contributed by atoms with Crippen molar-refractivity contribution in [1.29, 1.82) is 0 Å². The molecule has 0 N–H and O–H groups in total. The zero-order chi connectivity index (χ0) is 8.84. The summed E-state index contributed by atoms with van der Waals surface area (Å²) in [6.45, 7) is 0. The van der Waals surface area contributed by atoms with Crippen molar-refractivity contribution in [2.75, 3.05) is 0 Å². The van der Waals surface area contributed by atoms with E-state index in [1.165, 1.54) is 30.5 Å². The molecule has 0 atom stereocenters. The van der Waals surface area contributed by atoms with E-state index in [-0.39, 0.29) is 0 Å². The Morgan fingerprint density at radius 2 is 2.23 bits per heavy atom. The third kappa shape index (κ3) is 0.961. The number of hydrogen-bond donors (Lipinski definition) is 0. The van der Waals surface area contributed by atoms with Crippen LogP contribution < -0.4 is 0 Å². The van der Waals surface area contributed by atoms with E-state index in [1.807, 2.05) is 4.68 Å². The molecule has 0 amide bonds. The summed E-state index contributed by atoms with van der Waals surface area (Å²) in [6, 6.07) is 0.533. The second-order valence-corrected chi connectivity index (χ2v) is 3.96. The summed E-state index contributed by atoms with van der Waals surface area (Å²) in [5, 5.41) is 4.51. The van der Waals surface area contributed by atoms with Crippen molar-refractivity contribution >= 4 is 6.29 Å². The third-order valence-electron chi connectivity index (χ3n) is 2.98. The molecule has 1 aromatic heterocycles. The molecule has 0 spiro atoms. The number of aldehydes is 1. The van der Waals surface area contributed by atoms with Crippen LogP contribution in [0.1, 0.15) is 47.1 Å². The van der Waals surface area contributed by atoms with Crippen LogP contribution in [0.25, 0.3) is 0 Å². The fraction of sp³-hybridized carbons (Fsp3) is 0.600. The van der Waals surface area contributed by atoms with E-state index in [2.05, 4.69) is 5.10 Å². The number of hydrogen-bond acceptors (Lipinski definition) is 2. The number of fused-ring (bicyclic) bond motifs is 1. The van der Waals surface area contributed by atoms with E-state index in [9.17, 15) is 4.79 Å². The fourth-order valence-electron chi connectivity index (χ4n) is 2.16. The maximum absolute atomic E-state index is 10.9. The van der Waals surface area contributed by atoms with Gasteiger partial charge in [0.05, 0.1) is 11.7 Å². The smallest absolute Gasteiger partial charge is 0.168 e. The van der Waals surface area contributed by atoms with Gasteiger partial charge >= 0.3 is 0 Å². The van der Waals surface area contributed by atoms with Gasteiger partial charge in [-0.1, -0.05) is 0 Å². The van der Waals surface area contributed by atoms with Crippen molar-refractivity contribution in [1.82, 2.24) is 9.78 Å². The van der Waals surface area contributed by atoms with Gasteiger partial charge < -0.3 is 0 Å². The Bertz CT molecular complexity index is 363. The molecule has 0 saturated heterocycles. The van der Waals surface area contributed by atoms with Crippen LogP contribution in [0.3, 0.4) is 0 Å². The van der Waals surface area contributed by atoms with Gasteiger partial charge in [-0.2, -0.15) is 5.10 Å². The minimum absolute atomic E-state index is 0.533. The van der Waals surface area contributed by atoms with Crippen molar-refractivity contribution in [3.63, 3.8) is 0 Å². The molecule has 3 rings (SSSR count). The molecule has 1 fully saturated rings. The zero-order valence-corrected chi connectivity index (χ0v) is 7.49. The SMILES string of the molecule is O=Cc1c2c(nn1C1CC1)CCC2. The lowest BCUT2D eigenvalue weighted by Crippen LogP contribution is -2.03. The summed E-state index contributed by atoms with van der Waals surface area (Å²) >= 11 is 0. The fourth-order valence-corrected chi connectivity index (χ4v) is 2.16. The van der Waals surface area contributed by atoms with Crippen LogP contribution in [-0.2, 0) is 12.8 Å². The first kappa shape index (κ1) is 7.30. The molecule has 3 nitrogen and oxygen atoms in total. The van der Waals surface area contributed by atoms with Crippen LogP contribution >= 0.6 is 0 Å². The van der Waals surface area contributed by atoms with Gasteiger partial charge in [0.2, 0.25) is 0 Å². The number of aromatic nitrogens is 2. The molecule has 3 heteroatoms. The second kappa shape index (κ2) is 2.44. The van der Waals surface area contributed by atoms with Gasteiger partial charge in [-0.25, -0.2) is 0 Å². The van der Waals surface area contributed by atoms with Crippen molar-refractivity contribution in [2.24, 2.45) is 0 Å². The topological polar surface area (TPSA) is 34.9 Å². The highest BCUT2D eigenvalue weighted by molar-refractivity contribution is 5.75. The maximum Gasteiger partial charge on any atom is 0.168 e. The number of nitrogens with zero attached hydrogens (tertiary/aromatic N) is 2. The minimum atomic E-state index is 0.533. The summed E-state index contributed by atoms with van der Waals surface area (Å²) in [4.78, 5) is 10.9. The molecule has 0 radical (unpaired) electrons. The zero-order valence-electron chi connectivity index (χ0n) is 7.49. The predicted molar refractivity (Wildman–Crippen MR) is 47.9 cm³/mol. The molecule has 68 valence electrons. The Kier molecular flexibility index (Phi) is 1.37. The van der Waals surface area contributed by atoms with Gasteiger partial charge in [-0.3, -0.25) is 9.48 Å². The van der Waals surface area contributed by atoms with Gasteiger partial charge in [-0.15, -0.1) is 0 Å². The van der Waals surface area contributed by atoms with E-state index in [0.29, 0.717) is 6.04 Å². The van der Waals surface area contributed by atoms with E-state index < -0.39 is 0 Å². The van der Waals surface area contributed by atoms with Crippen molar-refractivity contribution < 1.29 is 4.79 Å². The molecule has 0 aliphatic heterocycles. The van der Waals surface area contributed by atoms with Gasteiger partial charge in [0.1, 0.15) is 5.69 Å². The highest BCUT2D eigenvalue weighted by Crippen LogP contribution is 2.37. The Hall–Kier alpha value is -1.12. The van der Waals surface area contributed by atoms with Crippen molar-refractivity contribution in [3.05, 3.63) is 17.0 Å². The molecule has 1 saturated carbocycles. The first-order valence-corrected chi connectivity index (χ1v) is 4.95. The molecule has 2 aliphatic carbocycles. The van der Waals surface area contributed by atoms with Crippen LogP contribution in [-0.4, -0.2) is 16.1 Å². The van der Waals surface area contributed by atoms with Gasteiger partial charge in [0, 0.05) is 5.56 Å².